The van der Waals surface area contributed by atoms with Gasteiger partial charge < -0.3 is 5.32 Å². The van der Waals surface area contributed by atoms with Gasteiger partial charge in [0.15, 0.2) is 11.0 Å². The number of amides is 1. The van der Waals surface area contributed by atoms with Gasteiger partial charge in [-0.3, -0.25) is 9.36 Å². The average Bonchev–Trinajstić information content (AvgIpc) is 3.07. The van der Waals surface area contributed by atoms with Crippen LogP contribution in [-0.2, 0) is 11.3 Å². The highest BCUT2D eigenvalue weighted by molar-refractivity contribution is 7.99. The Labute approximate surface area is 184 Å². The number of aryl methyl sites for hydroxylation is 1. The summed E-state index contributed by atoms with van der Waals surface area (Å²) in [4.78, 5) is 12.4. The average molecular weight is 447 g/mol. The molecule has 2 aromatic carbocycles. The molecule has 0 saturated heterocycles. The molecule has 0 unspecified atom stereocenters. The molecule has 5 nitrogen and oxygen atoms in total. The number of carbonyl (C=O) groups is 1. The number of nitrogens with one attached hydrogen (secondary N) is 1. The van der Waals surface area contributed by atoms with Crippen molar-refractivity contribution < 1.29 is 4.79 Å². The van der Waals surface area contributed by atoms with E-state index in [2.05, 4.69) is 22.1 Å². The van der Waals surface area contributed by atoms with Gasteiger partial charge in [-0.2, -0.15) is 0 Å². The molecule has 1 aromatic heterocycles. The van der Waals surface area contributed by atoms with Gasteiger partial charge in [-0.15, -0.1) is 16.8 Å². The van der Waals surface area contributed by atoms with Crippen molar-refractivity contribution in [3.05, 3.63) is 70.2 Å². The number of thioether (sulfide) groups is 1. The fourth-order valence-corrected chi connectivity index (χ4v) is 4.00. The maximum atomic E-state index is 12.4. The standard InChI is InChI=1S/C21H20Cl2N4OS/c1-4-10-27-20(16-9-8-15(22)11-17(16)23)25-26-21(27)29-12-19(28)24-18-7-5-6-13(2)14(18)3/h4-9,11H,1,10,12H2,2-3H3,(H,24,28). The summed E-state index contributed by atoms with van der Waals surface area (Å²) in [6.45, 7) is 8.29. The highest BCUT2D eigenvalue weighted by Crippen LogP contribution is 2.31. The lowest BCUT2D eigenvalue weighted by atomic mass is 10.1. The Hall–Kier alpha value is -2.28. The molecule has 0 aliphatic heterocycles. The van der Waals surface area contributed by atoms with Crippen LogP contribution in [0.1, 0.15) is 11.1 Å². The summed E-state index contributed by atoms with van der Waals surface area (Å²) < 4.78 is 1.87. The van der Waals surface area contributed by atoms with E-state index in [4.69, 9.17) is 23.2 Å². The summed E-state index contributed by atoms with van der Waals surface area (Å²) in [5.41, 5.74) is 3.72. The van der Waals surface area contributed by atoms with Crippen molar-refractivity contribution in [2.75, 3.05) is 11.1 Å². The first-order chi connectivity index (χ1) is 13.9. The summed E-state index contributed by atoms with van der Waals surface area (Å²) in [6.07, 6.45) is 1.75. The fraction of sp³-hybridized carbons (Fsp3) is 0.190. The predicted molar refractivity (Wildman–Crippen MR) is 121 cm³/mol. The molecular weight excluding hydrogens is 427 g/mol. The van der Waals surface area contributed by atoms with Crippen molar-refractivity contribution >= 4 is 46.6 Å². The number of rotatable bonds is 7. The van der Waals surface area contributed by atoms with Gasteiger partial charge >= 0.3 is 0 Å². The van der Waals surface area contributed by atoms with Crippen molar-refractivity contribution in [1.29, 1.82) is 0 Å². The van der Waals surface area contributed by atoms with E-state index < -0.39 is 0 Å². The van der Waals surface area contributed by atoms with Crippen molar-refractivity contribution in [1.82, 2.24) is 14.8 Å². The maximum absolute atomic E-state index is 12.4. The third kappa shape index (κ3) is 5.01. The van der Waals surface area contributed by atoms with Gasteiger partial charge in [-0.25, -0.2) is 0 Å². The van der Waals surface area contributed by atoms with Crippen LogP contribution in [0, 0.1) is 13.8 Å². The van der Waals surface area contributed by atoms with E-state index in [9.17, 15) is 4.79 Å². The molecule has 0 bridgehead atoms. The Morgan fingerprint density at radius 1 is 1.24 bits per heavy atom. The Bertz CT molecular complexity index is 1060. The number of hydrogen-bond acceptors (Lipinski definition) is 4. The smallest absolute Gasteiger partial charge is 0.234 e. The van der Waals surface area contributed by atoms with E-state index in [1.165, 1.54) is 11.8 Å². The monoisotopic (exact) mass is 446 g/mol. The van der Waals surface area contributed by atoms with E-state index in [0.717, 1.165) is 22.4 Å². The van der Waals surface area contributed by atoms with Crippen LogP contribution in [0.5, 0.6) is 0 Å². The lowest BCUT2D eigenvalue weighted by Gasteiger charge is -2.11. The fourth-order valence-electron chi connectivity index (χ4n) is 2.76. The summed E-state index contributed by atoms with van der Waals surface area (Å²) >= 11 is 13.6. The van der Waals surface area contributed by atoms with Gasteiger partial charge in [-0.05, 0) is 49.2 Å². The Kier molecular flexibility index (Phi) is 7.00. The Morgan fingerprint density at radius 3 is 2.76 bits per heavy atom. The molecule has 0 aliphatic rings. The Morgan fingerprint density at radius 2 is 2.03 bits per heavy atom. The first-order valence-corrected chi connectivity index (χ1v) is 10.6. The van der Waals surface area contributed by atoms with Crippen LogP contribution in [0.3, 0.4) is 0 Å². The first kappa shape index (κ1) is 21.4. The van der Waals surface area contributed by atoms with Gasteiger partial charge in [0, 0.05) is 22.8 Å². The molecular formula is C21H20Cl2N4OS. The Balaban J connectivity index is 1.77. The van der Waals surface area contributed by atoms with Crippen molar-refractivity contribution in [2.45, 2.75) is 25.5 Å². The molecule has 1 amide bonds. The second kappa shape index (κ2) is 9.48. The molecule has 3 rings (SSSR count). The zero-order chi connectivity index (χ0) is 21.0. The van der Waals surface area contributed by atoms with Crippen LogP contribution in [0.15, 0.2) is 54.2 Å². The van der Waals surface area contributed by atoms with Gasteiger partial charge in [0.1, 0.15) is 0 Å². The highest BCUT2D eigenvalue weighted by atomic mass is 35.5. The van der Waals surface area contributed by atoms with E-state index in [1.807, 2.05) is 36.6 Å². The van der Waals surface area contributed by atoms with Gasteiger partial charge in [-0.1, -0.05) is 53.2 Å². The molecule has 8 heteroatoms. The summed E-state index contributed by atoms with van der Waals surface area (Å²) in [5.74, 6) is 0.698. The number of carbonyl (C=O) groups excluding carboxylic acids is 1. The number of allylic oxidation sites excluding steroid dienone is 1. The zero-order valence-electron chi connectivity index (χ0n) is 16.1. The predicted octanol–water partition coefficient (Wildman–Crippen LogP) is 5.79. The topological polar surface area (TPSA) is 59.8 Å². The van der Waals surface area contributed by atoms with E-state index in [1.54, 1.807) is 24.3 Å². The highest BCUT2D eigenvalue weighted by Gasteiger charge is 2.17. The number of benzene rings is 2. The minimum Gasteiger partial charge on any atom is -0.325 e. The molecule has 29 heavy (non-hydrogen) atoms. The van der Waals surface area contributed by atoms with Gasteiger partial charge in [0.2, 0.25) is 5.91 Å². The lowest BCUT2D eigenvalue weighted by molar-refractivity contribution is -0.113. The van der Waals surface area contributed by atoms with Crippen molar-refractivity contribution in [2.24, 2.45) is 0 Å². The van der Waals surface area contributed by atoms with Crippen LogP contribution in [0.2, 0.25) is 10.0 Å². The molecule has 0 spiro atoms. The van der Waals surface area contributed by atoms with Crippen molar-refractivity contribution in [3.8, 4) is 11.4 Å². The molecule has 0 atom stereocenters. The first-order valence-electron chi connectivity index (χ1n) is 8.89. The molecule has 0 aliphatic carbocycles. The van der Waals surface area contributed by atoms with Gasteiger partial charge in [0.05, 0.1) is 10.8 Å². The SMILES string of the molecule is C=CCn1c(SCC(=O)Nc2cccc(C)c2C)nnc1-c1ccc(Cl)cc1Cl. The number of halogens is 2. The third-order valence-corrected chi connectivity index (χ3v) is 5.93. The zero-order valence-corrected chi connectivity index (χ0v) is 18.4. The lowest BCUT2D eigenvalue weighted by Crippen LogP contribution is -2.15. The summed E-state index contributed by atoms with van der Waals surface area (Å²) in [5, 5.41) is 13.1. The van der Waals surface area contributed by atoms with Crippen LogP contribution in [0.25, 0.3) is 11.4 Å². The molecule has 0 saturated carbocycles. The molecule has 3 aromatic rings. The number of hydrogen-bond donors (Lipinski definition) is 1. The van der Waals surface area contributed by atoms with E-state index >= 15 is 0 Å². The molecule has 1 N–H and O–H groups in total. The normalized spacial score (nSPS) is 10.8. The van der Waals surface area contributed by atoms with Crippen LogP contribution in [0.4, 0.5) is 5.69 Å². The molecule has 150 valence electrons. The minimum atomic E-state index is -0.108. The van der Waals surface area contributed by atoms with Crippen molar-refractivity contribution in [3.63, 3.8) is 0 Å². The van der Waals surface area contributed by atoms with Crippen LogP contribution >= 0.6 is 35.0 Å². The number of aromatic nitrogens is 3. The second-order valence-corrected chi connectivity index (χ2v) is 8.20. The third-order valence-electron chi connectivity index (χ3n) is 4.41. The number of nitrogens with zero attached hydrogens (tertiary/aromatic N) is 3. The molecule has 1 heterocycles. The van der Waals surface area contributed by atoms with E-state index in [0.29, 0.717) is 27.6 Å². The van der Waals surface area contributed by atoms with Crippen LogP contribution < -0.4 is 5.32 Å². The quantitative estimate of drug-likeness (QED) is 0.368. The second-order valence-electron chi connectivity index (χ2n) is 6.41. The molecule has 0 radical (unpaired) electrons. The van der Waals surface area contributed by atoms with Gasteiger partial charge in [0.25, 0.3) is 0 Å². The largest absolute Gasteiger partial charge is 0.325 e. The molecule has 0 fully saturated rings. The van der Waals surface area contributed by atoms with E-state index in [-0.39, 0.29) is 11.7 Å². The maximum Gasteiger partial charge on any atom is 0.234 e. The minimum absolute atomic E-state index is 0.108. The summed E-state index contributed by atoms with van der Waals surface area (Å²) in [6, 6.07) is 11.0. The van der Waals surface area contributed by atoms with Crippen LogP contribution in [-0.4, -0.2) is 26.4 Å². The summed E-state index contributed by atoms with van der Waals surface area (Å²) in [7, 11) is 0. The number of anilines is 1.